The van der Waals surface area contributed by atoms with E-state index in [1.165, 1.54) is 25.7 Å². The van der Waals surface area contributed by atoms with Gasteiger partial charge >= 0.3 is 0 Å². The third kappa shape index (κ3) is 2.89. The first kappa shape index (κ1) is 13.7. The third-order valence-corrected chi connectivity index (χ3v) is 4.72. The van der Waals surface area contributed by atoms with Crippen molar-refractivity contribution in [2.75, 3.05) is 17.2 Å². The summed E-state index contributed by atoms with van der Waals surface area (Å²) in [7, 11) is 0. The van der Waals surface area contributed by atoms with Crippen molar-refractivity contribution in [1.29, 1.82) is 0 Å². The molecular weight excluding hydrogens is 248 g/mol. The number of nitrogens with zero attached hydrogens (tertiary/aromatic N) is 2. The summed E-state index contributed by atoms with van der Waals surface area (Å²) in [6, 6.07) is 2.70. The maximum atomic E-state index is 4.64. The summed E-state index contributed by atoms with van der Waals surface area (Å²) in [6.07, 6.45) is 7.58. The van der Waals surface area contributed by atoms with E-state index < -0.39 is 0 Å². The number of rotatable bonds is 6. The van der Waals surface area contributed by atoms with Crippen LogP contribution >= 0.6 is 0 Å². The Kier molecular flexibility index (Phi) is 4.08. The zero-order valence-corrected chi connectivity index (χ0v) is 12.7. The van der Waals surface area contributed by atoms with Crippen molar-refractivity contribution in [2.24, 2.45) is 11.8 Å². The van der Waals surface area contributed by atoms with Crippen LogP contribution in [0.4, 0.5) is 11.6 Å². The molecule has 3 unspecified atom stereocenters. The Morgan fingerprint density at radius 3 is 2.65 bits per heavy atom. The van der Waals surface area contributed by atoms with Gasteiger partial charge in [0.25, 0.3) is 0 Å². The number of aryl methyl sites for hydroxylation is 1. The molecule has 2 saturated carbocycles. The predicted molar refractivity (Wildman–Crippen MR) is 83.0 cm³/mol. The second-order valence-corrected chi connectivity index (χ2v) is 6.26. The molecule has 110 valence electrons. The van der Waals surface area contributed by atoms with Crippen molar-refractivity contribution < 1.29 is 0 Å². The minimum Gasteiger partial charge on any atom is -0.370 e. The van der Waals surface area contributed by atoms with Crippen LogP contribution in [0.5, 0.6) is 0 Å². The minimum absolute atomic E-state index is 0.632. The predicted octanol–water partition coefficient (Wildman–Crippen LogP) is 3.46. The second kappa shape index (κ2) is 5.98. The Morgan fingerprint density at radius 1 is 1.15 bits per heavy atom. The minimum atomic E-state index is 0.632. The van der Waals surface area contributed by atoms with Gasteiger partial charge in [0, 0.05) is 25.1 Å². The highest BCUT2D eigenvalue weighted by Gasteiger charge is 2.39. The molecule has 1 heterocycles. The van der Waals surface area contributed by atoms with E-state index in [0.29, 0.717) is 6.04 Å². The van der Waals surface area contributed by atoms with E-state index >= 15 is 0 Å². The number of hydrogen-bond acceptors (Lipinski definition) is 4. The normalized spacial score (nSPS) is 27.8. The molecule has 20 heavy (non-hydrogen) atoms. The largest absolute Gasteiger partial charge is 0.370 e. The first-order valence-corrected chi connectivity index (χ1v) is 8.16. The van der Waals surface area contributed by atoms with Crippen molar-refractivity contribution in [3.05, 3.63) is 11.9 Å². The number of hydrogen-bond donors (Lipinski definition) is 2. The van der Waals surface area contributed by atoms with E-state index in [1.54, 1.807) is 0 Å². The van der Waals surface area contributed by atoms with E-state index in [1.807, 2.05) is 0 Å². The van der Waals surface area contributed by atoms with Crippen LogP contribution in [-0.2, 0) is 6.42 Å². The maximum absolute atomic E-state index is 4.64. The summed E-state index contributed by atoms with van der Waals surface area (Å²) >= 11 is 0. The van der Waals surface area contributed by atoms with Crippen LogP contribution in [-0.4, -0.2) is 22.6 Å². The zero-order chi connectivity index (χ0) is 13.9. The third-order valence-electron chi connectivity index (χ3n) is 4.72. The molecule has 0 spiro atoms. The first-order chi connectivity index (χ1) is 9.78. The standard InChI is InChI=1S/C16H26N4/c1-3-7-17-15-10-16(20-14(4-2)19-15)18-13-9-11-5-6-12(13)8-11/h10-13H,3-9H2,1-2H3,(H2,17,18,19,20). The van der Waals surface area contributed by atoms with Crippen molar-refractivity contribution in [3.8, 4) is 0 Å². The summed E-state index contributed by atoms with van der Waals surface area (Å²) in [5, 5.41) is 7.05. The summed E-state index contributed by atoms with van der Waals surface area (Å²) in [6.45, 7) is 5.25. The average Bonchev–Trinajstić information content (AvgIpc) is 3.07. The van der Waals surface area contributed by atoms with E-state index in [4.69, 9.17) is 0 Å². The van der Waals surface area contributed by atoms with Crippen LogP contribution in [0.1, 0.15) is 51.8 Å². The van der Waals surface area contributed by atoms with Gasteiger partial charge in [-0.05, 0) is 37.5 Å². The van der Waals surface area contributed by atoms with Crippen LogP contribution in [0.15, 0.2) is 6.07 Å². The van der Waals surface area contributed by atoms with Crippen molar-refractivity contribution in [2.45, 2.75) is 58.4 Å². The van der Waals surface area contributed by atoms with Gasteiger partial charge in [-0.1, -0.05) is 20.3 Å². The lowest BCUT2D eigenvalue weighted by molar-refractivity contribution is 0.439. The van der Waals surface area contributed by atoms with E-state index in [9.17, 15) is 0 Å². The van der Waals surface area contributed by atoms with Gasteiger partial charge in [-0.3, -0.25) is 0 Å². The molecule has 1 aromatic rings. The Morgan fingerprint density at radius 2 is 2.00 bits per heavy atom. The molecule has 2 bridgehead atoms. The number of anilines is 2. The van der Waals surface area contributed by atoms with Crippen molar-refractivity contribution in [3.63, 3.8) is 0 Å². The lowest BCUT2D eigenvalue weighted by atomic mass is 9.95. The monoisotopic (exact) mass is 274 g/mol. The second-order valence-electron chi connectivity index (χ2n) is 6.26. The molecule has 3 atom stereocenters. The number of nitrogens with one attached hydrogen (secondary N) is 2. The molecule has 2 N–H and O–H groups in total. The molecule has 1 aromatic heterocycles. The quantitative estimate of drug-likeness (QED) is 0.834. The van der Waals surface area contributed by atoms with Gasteiger partial charge in [0.1, 0.15) is 17.5 Å². The topological polar surface area (TPSA) is 49.8 Å². The highest BCUT2D eigenvalue weighted by Crippen LogP contribution is 2.45. The number of fused-ring (bicyclic) bond motifs is 2. The van der Waals surface area contributed by atoms with Gasteiger partial charge in [0.15, 0.2) is 0 Å². The first-order valence-electron chi connectivity index (χ1n) is 8.16. The molecule has 4 heteroatoms. The summed E-state index contributed by atoms with van der Waals surface area (Å²) < 4.78 is 0. The van der Waals surface area contributed by atoms with Gasteiger partial charge < -0.3 is 10.6 Å². The van der Waals surface area contributed by atoms with Gasteiger partial charge in [0.05, 0.1) is 0 Å². The fourth-order valence-corrected chi connectivity index (χ4v) is 3.68. The smallest absolute Gasteiger partial charge is 0.132 e. The Hall–Kier alpha value is -1.32. The molecule has 0 saturated heterocycles. The van der Waals surface area contributed by atoms with E-state index in [0.717, 1.165) is 48.7 Å². The molecule has 2 fully saturated rings. The Balaban J connectivity index is 1.71. The van der Waals surface area contributed by atoms with Crippen LogP contribution in [0.3, 0.4) is 0 Å². The van der Waals surface area contributed by atoms with Crippen LogP contribution in [0, 0.1) is 11.8 Å². The summed E-state index contributed by atoms with van der Waals surface area (Å²) in [4.78, 5) is 9.19. The van der Waals surface area contributed by atoms with Gasteiger partial charge in [-0.2, -0.15) is 0 Å². The molecule has 0 radical (unpaired) electrons. The lowest BCUT2D eigenvalue weighted by Crippen LogP contribution is -2.26. The van der Waals surface area contributed by atoms with E-state index in [-0.39, 0.29) is 0 Å². The van der Waals surface area contributed by atoms with Crippen molar-refractivity contribution >= 4 is 11.6 Å². The van der Waals surface area contributed by atoms with Crippen molar-refractivity contribution in [1.82, 2.24) is 9.97 Å². The SMILES string of the molecule is CCCNc1cc(NC2CC3CCC2C3)nc(CC)n1. The zero-order valence-electron chi connectivity index (χ0n) is 12.7. The molecule has 0 amide bonds. The summed E-state index contributed by atoms with van der Waals surface area (Å²) in [5.41, 5.74) is 0. The maximum Gasteiger partial charge on any atom is 0.132 e. The molecule has 0 aliphatic heterocycles. The Labute approximate surface area is 121 Å². The van der Waals surface area contributed by atoms with Crippen LogP contribution in [0.2, 0.25) is 0 Å². The van der Waals surface area contributed by atoms with Crippen LogP contribution in [0.25, 0.3) is 0 Å². The fourth-order valence-electron chi connectivity index (χ4n) is 3.68. The van der Waals surface area contributed by atoms with Gasteiger partial charge in [0.2, 0.25) is 0 Å². The summed E-state index contributed by atoms with van der Waals surface area (Å²) in [5.74, 6) is 4.73. The lowest BCUT2D eigenvalue weighted by Gasteiger charge is -2.23. The molecule has 0 aromatic carbocycles. The van der Waals surface area contributed by atoms with Gasteiger partial charge in [-0.25, -0.2) is 9.97 Å². The average molecular weight is 274 g/mol. The molecule has 4 nitrogen and oxygen atoms in total. The van der Waals surface area contributed by atoms with Gasteiger partial charge in [-0.15, -0.1) is 0 Å². The highest BCUT2D eigenvalue weighted by molar-refractivity contribution is 5.48. The fraction of sp³-hybridized carbons (Fsp3) is 0.750. The van der Waals surface area contributed by atoms with Crippen LogP contribution < -0.4 is 10.6 Å². The Bertz CT molecular complexity index is 460. The van der Waals surface area contributed by atoms with E-state index in [2.05, 4.69) is 40.5 Å². The molecule has 2 aliphatic carbocycles. The molecular formula is C16H26N4. The molecule has 2 aliphatic rings. The number of aromatic nitrogens is 2. The highest BCUT2D eigenvalue weighted by atomic mass is 15.1. The molecule has 3 rings (SSSR count).